The van der Waals surface area contributed by atoms with E-state index in [9.17, 15) is 4.79 Å². The van der Waals surface area contributed by atoms with Crippen LogP contribution in [0, 0.1) is 0 Å². The second kappa shape index (κ2) is 10.4. The molecule has 2 aliphatic rings. The van der Waals surface area contributed by atoms with E-state index >= 15 is 0 Å². The number of nitrogens with zero attached hydrogens (tertiary/aromatic N) is 3. The van der Waals surface area contributed by atoms with Gasteiger partial charge in [-0.1, -0.05) is 36.4 Å². The highest BCUT2D eigenvalue weighted by molar-refractivity contribution is 5.80. The number of aliphatic imine (C=N–C) groups is 1. The summed E-state index contributed by atoms with van der Waals surface area (Å²) < 4.78 is 0. The predicted molar refractivity (Wildman–Crippen MR) is 119 cm³/mol. The van der Waals surface area contributed by atoms with Crippen LogP contribution in [0.1, 0.15) is 43.7 Å². The van der Waals surface area contributed by atoms with Crippen LogP contribution < -0.4 is 10.6 Å². The highest BCUT2D eigenvalue weighted by Gasteiger charge is 2.21. The number of amides is 1. The van der Waals surface area contributed by atoms with Crippen LogP contribution in [0.3, 0.4) is 0 Å². The zero-order valence-electron chi connectivity index (χ0n) is 17.9. The molecule has 2 N–H and O–H groups in total. The summed E-state index contributed by atoms with van der Waals surface area (Å²) in [5.74, 6) is 1.12. The Balaban J connectivity index is 1.45. The molecule has 0 aliphatic carbocycles. The average molecular weight is 398 g/mol. The molecule has 29 heavy (non-hydrogen) atoms. The van der Waals surface area contributed by atoms with Crippen molar-refractivity contribution < 1.29 is 4.79 Å². The number of guanidine groups is 1. The summed E-state index contributed by atoms with van der Waals surface area (Å²) in [6.07, 6.45) is 3.91. The van der Waals surface area contributed by atoms with Crippen molar-refractivity contribution in [1.82, 2.24) is 20.4 Å². The molecule has 3 rings (SSSR count). The number of hydrogen-bond acceptors (Lipinski definition) is 3. The number of carbonyl (C=O) groups excluding carboxylic acids is 1. The molecule has 1 aromatic carbocycles. The Morgan fingerprint density at radius 3 is 2.66 bits per heavy atom. The largest absolute Gasteiger partial charge is 0.354 e. The molecular weight excluding hydrogens is 362 g/mol. The van der Waals surface area contributed by atoms with Gasteiger partial charge >= 0.3 is 0 Å². The number of carbonyl (C=O) groups is 1. The summed E-state index contributed by atoms with van der Waals surface area (Å²) in [5, 5.41) is 7.00. The highest BCUT2D eigenvalue weighted by Crippen LogP contribution is 2.15. The molecule has 6 nitrogen and oxygen atoms in total. The van der Waals surface area contributed by atoms with E-state index in [2.05, 4.69) is 58.3 Å². The van der Waals surface area contributed by atoms with Crippen LogP contribution in [-0.2, 0) is 17.9 Å². The lowest BCUT2D eigenvalue weighted by atomic mass is 10.0. The second-order valence-electron chi connectivity index (χ2n) is 8.32. The minimum Gasteiger partial charge on any atom is -0.354 e. The first kappa shape index (κ1) is 21.4. The van der Waals surface area contributed by atoms with Gasteiger partial charge in [-0.05, 0) is 37.3 Å². The summed E-state index contributed by atoms with van der Waals surface area (Å²) in [7, 11) is 1.82. The van der Waals surface area contributed by atoms with Gasteiger partial charge in [-0.3, -0.25) is 14.7 Å². The summed E-state index contributed by atoms with van der Waals surface area (Å²) >= 11 is 0. The fourth-order valence-corrected chi connectivity index (χ4v) is 4.12. The van der Waals surface area contributed by atoms with Crippen molar-refractivity contribution in [1.29, 1.82) is 0 Å². The van der Waals surface area contributed by atoms with Gasteiger partial charge in [0.2, 0.25) is 5.91 Å². The maximum absolute atomic E-state index is 11.9. The third-order valence-corrected chi connectivity index (χ3v) is 5.64. The number of rotatable bonds is 7. The minimum atomic E-state index is 0.271. The van der Waals surface area contributed by atoms with E-state index in [-0.39, 0.29) is 5.91 Å². The zero-order chi connectivity index (χ0) is 20.6. The van der Waals surface area contributed by atoms with Crippen LogP contribution in [0.15, 0.2) is 41.4 Å². The molecule has 158 valence electrons. The Labute approximate surface area is 175 Å². The number of benzene rings is 1. The Morgan fingerprint density at radius 2 is 2.00 bits per heavy atom. The lowest BCUT2D eigenvalue weighted by molar-refractivity contribution is -0.128. The van der Waals surface area contributed by atoms with Crippen LogP contribution >= 0.6 is 0 Å². The highest BCUT2D eigenvalue weighted by atomic mass is 16.2. The molecule has 2 fully saturated rings. The number of hydrogen-bond donors (Lipinski definition) is 2. The fraction of sp³-hybridized carbons (Fsp3) is 0.565. The predicted octanol–water partition coefficient (Wildman–Crippen LogP) is 2.51. The van der Waals surface area contributed by atoms with E-state index in [1.54, 1.807) is 0 Å². The van der Waals surface area contributed by atoms with Crippen LogP contribution in [0.5, 0.6) is 0 Å². The molecule has 1 amide bonds. The van der Waals surface area contributed by atoms with Crippen molar-refractivity contribution in [2.24, 2.45) is 4.99 Å². The van der Waals surface area contributed by atoms with E-state index in [1.165, 1.54) is 16.7 Å². The molecule has 6 heteroatoms. The molecule has 0 spiro atoms. The van der Waals surface area contributed by atoms with Gasteiger partial charge in [-0.15, -0.1) is 0 Å². The lowest BCUT2D eigenvalue weighted by Gasteiger charge is -2.33. The molecule has 2 saturated heterocycles. The van der Waals surface area contributed by atoms with Crippen LogP contribution in [0.2, 0.25) is 0 Å². The smallest absolute Gasteiger partial charge is 0.222 e. The number of piperidine rings is 1. The van der Waals surface area contributed by atoms with Crippen molar-refractivity contribution in [3.8, 4) is 0 Å². The third kappa shape index (κ3) is 6.60. The second-order valence-corrected chi connectivity index (χ2v) is 8.32. The first-order valence-corrected chi connectivity index (χ1v) is 10.7. The van der Waals surface area contributed by atoms with Gasteiger partial charge in [0.15, 0.2) is 5.96 Å². The molecule has 0 atom stereocenters. The Kier molecular flexibility index (Phi) is 7.69. The standard InChI is InChI=1S/C23H35N5O/c1-18(2)16-27-12-9-21(10-13-27)26-23(24-3)25-15-19-6-4-7-20(14-19)17-28-11-5-8-22(28)29/h4,6-7,14,21H,1,5,8-13,15-17H2,2-3H3,(H2,24,25,26). The van der Waals surface area contributed by atoms with Crippen molar-refractivity contribution in [2.75, 3.05) is 33.2 Å². The summed E-state index contributed by atoms with van der Waals surface area (Å²) in [6, 6.07) is 8.92. The lowest BCUT2D eigenvalue weighted by Crippen LogP contribution is -2.48. The molecule has 1 aromatic rings. The molecule has 0 aromatic heterocycles. The SMILES string of the molecule is C=C(C)CN1CCC(NC(=NC)NCc2cccc(CN3CCCC3=O)c2)CC1. The maximum Gasteiger partial charge on any atom is 0.222 e. The van der Waals surface area contributed by atoms with E-state index in [0.717, 1.165) is 57.9 Å². The van der Waals surface area contributed by atoms with E-state index in [4.69, 9.17) is 0 Å². The van der Waals surface area contributed by atoms with Crippen LogP contribution in [0.4, 0.5) is 0 Å². The molecule has 2 heterocycles. The maximum atomic E-state index is 11.9. The van der Waals surface area contributed by atoms with Gasteiger partial charge in [-0.25, -0.2) is 0 Å². The van der Waals surface area contributed by atoms with Crippen molar-refractivity contribution in [2.45, 2.75) is 51.7 Å². The number of likely N-dealkylation sites (tertiary alicyclic amines) is 2. The fourth-order valence-electron chi connectivity index (χ4n) is 4.12. The summed E-state index contributed by atoms with van der Waals surface area (Å²) in [4.78, 5) is 20.7. The van der Waals surface area contributed by atoms with E-state index in [0.29, 0.717) is 19.0 Å². The molecular formula is C23H35N5O. The van der Waals surface area contributed by atoms with Crippen molar-refractivity contribution in [3.05, 3.63) is 47.5 Å². The first-order chi connectivity index (χ1) is 14.0. The molecule has 0 unspecified atom stereocenters. The monoisotopic (exact) mass is 397 g/mol. The van der Waals surface area contributed by atoms with E-state index in [1.807, 2.05) is 11.9 Å². The van der Waals surface area contributed by atoms with Gasteiger partial charge in [0, 0.05) is 58.8 Å². The van der Waals surface area contributed by atoms with Gasteiger partial charge in [0.05, 0.1) is 0 Å². The molecule has 0 radical (unpaired) electrons. The van der Waals surface area contributed by atoms with Gasteiger partial charge in [0.1, 0.15) is 0 Å². The van der Waals surface area contributed by atoms with Crippen molar-refractivity contribution in [3.63, 3.8) is 0 Å². The van der Waals surface area contributed by atoms with Gasteiger partial charge in [-0.2, -0.15) is 0 Å². The third-order valence-electron chi connectivity index (χ3n) is 5.64. The van der Waals surface area contributed by atoms with Gasteiger partial charge < -0.3 is 15.5 Å². The summed E-state index contributed by atoms with van der Waals surface area (Å²) in [5.41, 5.74) is 3.62. The molecule has 0 bridgehead atoms. The molecule has 2 aliphatic heterocycles. The quantitative estimate of drug-likeness (QED) is 0.422. The van der Waals surface area contributed by atoms with E-state index < -0.39 is 0 Å². The van der Waals surface area contributed by atoms with Crippen molar-refractivity contribution >= 4 is 11.9 Å². The van der Waals surface area contributed by atoms with Crippen LogP contribution in [0.25, 0.3) is 0 Å². The number of nitrogens with one attached hydrogen (secondary N) is 2. The topological polar surface area (TPSA) is 60.0 Å². The Hall–Kier alpha value is -2.34. The normalized spacial score (nSPS) is 18.9. The Morgan fingerprint density at radius 1 is 1.24 bits per heavy atom. The van der Waals surface area contributed by atoms with Gasteiger partial charge in [0.25, 0.3) is 0 Å². The Bertz CT molecular complexity index is 737. The summed E-state index contributed by atoms with van der Waals surface area (Å²) in [6.45, 7) is 11.6. The van der Waals surface area contributed by atoms with Crippen LogP contribution in [-0.4, -0.2) is 60.9 Å². The minimum absolute atomic E-state index is 0.271. The molecule has 0 saturated carbocycles. The first-order valence-electron chi connectivity index (χ1n) is 10.7. The average Bonchev–Trinajstić information content (AvgIpc) is 3.11. The zero-order valence-corrected chi connectivity index (χ0v) is 17.9.